The molecule has 3 aromatic carbocycles. The normalized spacial score (nSPS) is 12.4. The third-order valence-electron chi connectivity index (χ3n) is 6.41. The molecule has 0 aliphatic heterocycles. The topological polar surface area (TPSA) is 82.2 Å². The lowest BCUT2D eigenvalue weighted by molar-refractivity contribution is -0.141. The van der Waals surface area contributed by atoms with Crippen LogP contribution in [-0.2, 0) is 16.0 Å². The van der Waals surface area contributed by atoms with Crippen LogP contribution in [0.3, 0.4) is 0 Å². The summed E-state index contributed by atoms with van der Waals surface area (Å²) in [5, 5.41) is 16.0. The molecular formula is C27H28N2O3Si. The number of carboxylic acid groups (broad SMARTS) is 1. The Hall–Kier alpha value is -3.64. The van der Waals surface area contributed by atoms with Gasteiger partial charge < -0.3 is 15.4 Å². The zero-order valence-electron chi connectivity index (χ0n) is 18.6. The van der Waals surface area contributed by atoms with Crippen LogP contribution in [0.1, 0.15) is 12.0 Å². The molecule has 5 nitrogen and oxygen atoms in total. The monoisotopic (exact) mass is 456 g/mol. The highest BCUT2D eigenvalue weighted by atomic mass is 28.3. The number of aliphatic carboxylic acids is 1. The van der Waals surface area contributed by atoms with E-state index in [9.17, 15) is 14.7 Å². The summed E-state index contributed by atoms with van der Waals surface area (Å²) in [6, 6.07) is 28.1. The van der Waals surface area contributed by atoms with Crippen LogP contribution in [0.25, 0.3) is 10.9 Å². The Bertz CT molecular complexity index is 1200. The Balaban J connectivity index is 1.48. The number of carbonyl (C=O) groups is 2. The van der Waals surface area contributed by atoms with Gasteiger partial charge in [-0.3, -0.25) is 4.79 Å². The lowest BCUT2D eigenvalue weighted by atomic mass is 10.0. The van der Waals surface area contributed by atoms with Crippen molar-refractivity contribution in [2.75, 3.05) is 0 Å². The van der Waals surface area contributed by atoms with Gasteiger partial charge in [0.05, 0.1) is 0 Å². The van der Waals surface area contributed by atoms with Gasteiger partial charge in [-0.2, -0.15) is 0 Å². The number of aromatic nitrogens is 1. The zero-order valence-corrected chi connectivity index (χ0v) is 19.6. The SMILES string of the molecule is C[Si](CCC(=O)N[C@@H](Cc1c[nH]c2ccccc12)C(=O)O)(c1ccccc1)c1ccccc1. The number of hydrogen-bond acceptors (Lipinski definition) is 2. The quantitative estimate of drug-likeness (QED) is 0.337. The van der Waals surface area contributed by atoms with Crippen LogP contribution in [0.5, 0.6) is 0 Å². The van der Waals surface area contributed by atoms with Gasteiger partial charge in [-0.15, -0.1) is 0 Å². The summed E-state index contributed by atoms with van der Waals surface area (Å²) in [5.74, 6) is -1.26. The Morgan fingerprint density at radius 3 is 2.09 bits per heavy atom. The number of para-hydroxylation sites is 1. The summed E-state index contributed by atoms with van der Waals surface area (Å²) in [6.45, 7) is 2.27. The van der Waals surface area contributed by atoms with E-state index >= 15 is 0 Å². The molecule has 1 amide bonds. The smallest absolute Gasteiger partial charge is 0.326 e. The van der Waals surface area contributed by atoms with Crippen LogP contribution in [0, 0.1) is 0 Å². The largest absolute Gasteiger partial charge is 0.480 e. The van der Waals surface area contributed by atoms with Crippen molar-refractivity contribution in [3.05, 3.63) is 96.7 Å². The van der Waals surface area contributed by atoms with E-state index in [1.54, 1.807) is 0 Å². The van der Waals surface area contributed by atoms with Gasteiger partial charge in [0.1, 0.15) is 14.1 Å². The van der Waals surface area contributed by atoms with Crippen molar-refractivity contribution >= 4 is 41.2 Å². The van der Waals surface area contributed by atoms with Gasteiger partial charge in [-0.05, 0) is 17.7 Å². The Labute approximate surface area is 194 Å². The van der Waals surface area contributed by atoms with Gasteiger partial charge >= 0.3 is 5.97 Å². The number of carboxylic acids is 1. The minimum absolute atomic E-state index is 0.229. The molecule has 0 bridgehead atoms. The predicted molar refractivity (Wildman–Crippen MR) is 135 cm³/mol. The molecule has 0 saturated heterocycles. The van der Waals surface area contributed by atoms with Gasteiger partial charge in [-0.1, -0.05) is 95.8 Å². The molecule has 168 valence electrons. The fourth-order valence-electron chi connectivity index (χ4n) is 4.42. The Morgan fingerprint density at radius 1 is 0.909 bits per heavy atom. The number of rotatable bonds is 9. The second-order valence-electron chi connectivity index (χ2n) is 8.59. The van der Waals surface area contributed by atoms with Crippen molar-refractivity contribution in [3.8, 4) is 0 Å². The first-order chi connectivity index (χ1) is 16.0. The summed E-state index contributed by atoms with van der Waals surface area (Å²) >= 11 is 0. The summed E-state index contributed by atoms with van der Waals surface area (Å²) in [6.07, 6.45) is 2.34. The van der Waals surface area contributed by atoms with Crippen molar-refractivity contribution in [2.45, 2.75) is 31.5 Å². The molecule has 0 spiro atoms. The lowest BCUT2D eigenvalue weighted by Crippen LogP contribution is -2.56. The molecule has 0 fully saturated rings. The molecule has 1 atom stereocenters. The van der Waals surface area contributed by atoms with E-state index in [0.29, 0.717) is 6.04 Å². The molecule has 4 rings (SSSR count). The average molecular weight is 457 g/mol. The van der Waals surface area contributed by atoms with E-state index in [4.69, 9.17) is 0 Å². The summed E-state index contributed by atoms with van der Waals surface area (Å²) in [4.78, 5) is 28.0. The second kappa shape index (κ2) is 9.88. The molecule has 0 radical (unpaired) electrons. The number of aromatic amines is 1. The second-order valence-corrected chi connectivity index (χ2v) is 12.9. The van der Waals surface area contributed by atoms with Crippen molar-refractivity contribution in [3.63, 3.8) is 0 Å². The molecule has 1 heterocycles. The van der Waals surface area contributed by atoms with Crippen LogP contribution in [0.15, 0.2) is 91.1 Å². The van der Waals surface area contributed by atoms with E-state index in [1.165, 1.54) is 10.4 Å². The summed E-state index contributed by atoms with van der Waals surface area (Å²) < 4.78 is 0. The number of carbonyl (C=O) groups excluding carboxylic acids is 1. The fourth-order valence-corrected chi connectivity index (χ4v) is 7.91. The average Bonchev–Trinajstić information content (AvgIpc) is 3.26. The van der Waals surface area contributed by atoms with Gasteiger partial charge in [0.15, 0.2) is 0 Å². The third-order valence-corrected chi connectivity index (χ3v) is 10.9. The van der Waals surface area contributed by atoms with E-state index in [-0.39, 0.29) is 18.7 Å². The fraction of sp³-hybridized carbons (Fsp3) is 0.185. The number of hydrogen-bond donors (Lipinski definition) is 3. The number of benzene rings is 3. The number of fused-ring (bicyclic) bond motifs is 1. The zero-order chi connectivity index (χ0) is 23.3. The standard InChI is InChI=1S/C27H28N2O3Si/c1-33(21-10-4-2-5-11-21,22-12-6-3-7-13-22)17-16-26(30)29-25(27(31)32)18-20-19-28-24-15-9-8-14-23(20)24/h2-15,19,25,28H,16-18H2,1H3,(H,29,30)(H,31,32)/t25-/m0/s1. The molecule has 0 aliphatic rings. The molecule has 6 heteroatoms. The van der Waals surface area contributed by atoms with Gasteiger partial charge in [-0.25, -0.2) is 4.79 Å². The Morgan fingerprint density at radius 2 is 1.48 bits per heavy atom. The minimum atomic E-state index is -2.16. The summed E-state index contributed by atoms with van der Waals surface area (Å²) in [5.41, 5.74) is 1.83. The summed E-state index contributed by atoms with van der Waals surface area (Å²) in [7, 11) is -2.16. The maximum atomic E-state index is 12.9. The van der Waals surface area contributed by atoms with Crippen LogP contribution < -0.4 is 15.7 Å². The van der Waals surface area contributed by atoms with E-state index in [1.807, 2.05) is 66.9 Å². The number of nitrogens with one attached hydrogen (secondary N) is 2. The van der Waals surface area contributed by atoms with Crippen LogP contribution >= 0.6 is 0 Å². The molecule has 0 aliphatic carbocycles. The molecule has 0 unspecified atom stereocenters. The van der Waals surface area contributed by atoms with Crippen LogP contribution in [0.4, 0.5) is 0 Å². The highest BCUT2D eigenvalue weighted by molar-refractivity contribution is 7.01. The van der Waals surface area contributed by atoms with Gasteiger partial charge in [0, 0.05) is 29.9 Å². The molecule has 0 saturated carbocycles. The van der Waals surface area contributed by atoms with Crippen molar-refractivity contribution < 1.29 is 14.7 Å². The molecule has 3 N–H and O–H groups in total. The number of H-pyrrole nitrogens is 1. The van der Waals surface area contributed by atoms with Crippen molar-refractivity contribution in [1.82, 2.24) is 10.3 Å². The Kier molecular flexibility index (Phi) is 6.75. The van der Waals surface area contributed by atoms with Crippen LogP contribution in [0.2, 0.25) is 12.6 Å². The van der Waals surface area contributed by atoms with Crippen molar-refractivity contribution in [1.29, 1.82) is 0 Å². The van der Waals surface area contributed by atoms with Crippen LogP contribution in [-0.4, -0.2) is 36.1 Å². The first-order valence-electron chi connectivity index (χ1n) is 11.2. The van der Waals surface area contributed by atoms with Gasteiger partial charge in [0.2, 0.25) is 5.91 Å². The first kappa shape index (κ1) is 22.5. The maximum Gasteiger partial charge on any atom is 0.326 e. The van der Waals surface area contributed by atoms with E-state index < -0.39 is 20.1 Å². The van der Waals surface area contributed by atoms with Crippen molar-refractivity contribution in [2.24, 2.45) is 0 Å². The van der Waals surface area contributed by atoms with Gasteiger partial charge in [0.25, 0.3) is 0 Å². The lowest BCUT2D eigenvalue weighted by Gasteiger charge is -2.29. The highest BCUT2D eigenvalue weighted by Crippen LogP contribution is 2.19. The molecule has 33 heavy (non-hydrogen) atoms. The third kappa shape index (κ3) is 5.07. The predicted octanol–water partition coefficient (Wildman–Crippen LogP) is 3.56. The minimum Gasteiger partial charge on any atom is -0.480 e. The van der Waals surface area contributed by atoms with E-state index in [2.05, 4.69) is 41.1 Å². The molecule has 1 aromatic heterocycles. The first-order valence-corrected chi connectivity index (χ1v) is 13.9. The molecular weight excluding hydrogens is 428 g/mol. The highest BCUT2D eigenvalue weighted by Gasteiger charge is 2.32. The molecule has 4 aromatic rings. The maximum absolute atomic E-state index is 12.9. The number of amides is 1. The van der Waals surface area contributed by atoms with E-state index in [0.717, 1.165) is 16.5 Å².